The highest BCUT2D eigenvalue weighted by Gasteiger charge is 2.33. The third-order valence-electron chi connectivity index (χ3n) is 5.85. The minimum absolute atomic E-state index is 0.389. The molecule has 4 atom stereocenters. The Morgan fingerprint density at radius 1 is 0.645 bits per heavy atom. The van der Waals surface area contributed by atoms with Gasteiger partial charge in [0.1, 0.15) is 18.3 Å². The number of aliphatic hydroxyl groups excluding tert-OH is 5. The molecule has 0 saturated heterocycles. The second-order valence-corrected chi connectivity index (χ2v) is 8.77. The quantitative estimate of drug-likeness (QED) is 0.142. The van der Waals surface area contributed by atoms with Gasteiger partial charge in [-0.15, -0.1) is 0 Å². The van der Waals surface area contributed by atoms with Crippen molar-refractivity contribution < 1.29 is 30.3 Å². The second-order valence-electron chi connectivity index (χ2n) is 8.77. The summed E-state index contributed by atoms with van der Waals surface area (Å²) in [6.07, 6.45) is 13.2. The summed E-state index contributed by atoms with van der Waals surface area (Å²) in [5.74, 6) is -0.794. The summed E-state index contributed by atoms with van der Waals surface area (Å²) in [5, 5.41) is 49.4. The second kappa shape index (κ2) is 21.1. The summed E-state index contributed by atoms with van der Waals surface area (Å²) in [7, 11) is 0. The maximum atomic E-state index is 11.8. The lowest BCUT2D eigenvalue weighted by Gasteiger charge is -2.24. The Labute approximate surface area is 189 Å². The van der Waals surface area contributed by atoms with E-state index < -0.39 is 36.9 Å². The van der Waals surface area contributed by atoms with Gasteiger partial charge in [-0.05, 0) is 6.42 Å². The number of amides is 1. The molecule has 0 heterocycles. The highest BCUT2D eigenvalue weighted by molar-refractivity contribution is 5.81. The fourth-order valence-electron chi connectivity index (χ4n) is 3.67. The average molecular weight is 448 g/mol. The van der Waals surface area contributed by atoms with Gasteiger partial charge in [0, 0.05) is 6.54 Å². The van der Waals surface area contributed by atoms with Gasteiger partial charge >= 0.3 is 0 Å². The standard InChI is InChI=1S/C24H49NO6/c1-2-3-4-5-6-7-8-9-10-11-12-13-14-15-16-17-18-25-24(31)23(30)22(29)21(28)20(27)19-26/h20-23,26-30H,2-19H2,1H3,(H,25,31)/t20?,21-,22-,23-/m0/s1. The SMILES string of the molecule is CCCCCCCCCCCCCCCCCCNC(=O)[C@@H](O)[C@@H](O)[C@@H](O)C(O)CO. The molecule has 7 nitrogen and oxygen atoms in total. The van der Waals surface area contributed by atoms with Crippen LogP contribution in [0.2, 0.25) is 0 Å². The molecule has 0 aliphatic rings. The molecular weight excluding hydrogens is 398 g/mol. The lowest BCUT2D eigenvalue weighted by molar-refractivity contribution is -0.148. The van der Waals surface area contributed by atoms with Gasteiger partial charge in [0.15, 0.2) is 6.10 Å². The highest BCUT2D eigenvalue weighted by atomic mass is 16.4. The van der Waals surface area contributed by atoms with E-state index in [1.54, 1.807) is 0 Å². The molecule has 7 heteroatoms. The number of rotatable bonds is 22. The Bertz CT molecular complexity index is 410. The molecule has 0 aliphatic heterocycles. The van der Waals surface area contributed by atoms with Gasteiger partial charge in [-0.25, -0.2) is 0 Å². The van der Waals surface area contributed by atoms with Crippen LogP contribution in [0.3, 0.4) is 0 Å². The van der Waals surface area contributed by atoms with Gasteiger partial charge < -0.3 is 30.8 Å². The van der Waals surface area contributed by atoms with Gasteiger partial charge in [-0.1, -0.05) is 103 Å². The van der Waals surface area contributed by atoms with Crippen molar-refractivity contribution in [3.63, 3.8) is 0 Å². The minimum Gasteiger partial charge on any atom is -0.394 e. The first kappa shape index (κ1) is 30.3. The average Bonchev–Trinajstić information content (AvgIpc) is 2.78. The van der Waals surface area contributed by atoms with Crippen molar-refractivity contribution in [3.05, 3.63) is 0 Å². The largest absolute Gasteiger partial charge is 0.394 e. The molecule has 0 aromatic carbocycles. The number of nitrogens with one attached hydrogen (secondary N) is 1. The molecule has 31 heavy (non-hydrogen) atoms. The van der Waals surface area contributed by atoms with Crippen molar-refractivity contribution in [1.82, 2.24) is 5.32 Å². The van der Waals surface area contributed by atoms with Crippen LogP contribution in [0.5, 0.6) is 0 Å². The molecule has 0 saturated carbocycles. The number of hydrogen-bond acceptors (Lipinski definition) is 6. The number of unbranched alkanes of at least 4 members (excludes halogenated alkanes) is 15. The van der Waals surface area contributed by atoms with E-state index in [0.29, 0.717) is 6.54 Å². The zero-order valence-electron chi connectivity index (χ0n) is 19.7. The molecule has 0 aromatic heterocycles. The van der Waals surface area contributed by atoms with Crippen LogP contribution in [0.15, 0.2) is 0 Å². The third kappa shape index (κ3) is 16.5. The molecule has 0 rings (SSSR count). The van der Waals surface area contributed by atoms with Crippen molar-refractivity contribution in [2.45, 2.75) is 134 Å². The van der Waals surface area contributed by atoms with Crippen LogP contribution in [-0.2, 0) is 4.79 Å². The molecule has 1 unspecified atom stereocenters. The Morgan fingerprint density at radius 3 is 1.42 bits per heavy atom. The highest BCUT2D eigenvalue weighted by Crippen LogP contribution is 2.13. The molecule has 0 radical (unpaired) electrons. The first-order valence-corrected chi connectivity index (χ1v) is 12.6. The Hall–Kier alpha value is -0.730. The lowest BCUT2D eigenvalue weighted by Crippen LogP contribution is -2.51. The van der Waals surface area contributed by atoms with Crippen molar-refractivity contribution >= 4 is 5.91 Å². The normalized spacial score (nSPS) is 15.4. The van der Waals surface area contributed by atoms with E-state index in [2.05, 4.69) is 12.2 Å². The molecular formula is C24H49NO6. The fraction of sp³-hybridized carbons (Fsp3) is 0.958. The Balaban J connectivity index is 3.45. The van der Waals surface area contributed by atoms with Crippen LogP contribution in [0.25, 0.3) is 0 Å². The molecule has 0 fully saturated rings. The molecule has 0 aromatic rings. The van der Waals surface area contributed by atoms with Crippen LogP contribution in [0, 0.1) is 0 Å². The lowest BCUT2D eigenvalue weighted by atomic mass is 10.0. The van der Waals surface area contributed by atoms with Gasteiger partial charge in [-0.2, -0.15) is 0 Å². The summed E-state index contributed by atoms with van der Waals surface area (Å²) in [4.78, 5) is 11.8. The number of aliphatic hydroxyl groups is 5. The third-order valence-corrected chi connectivity index (χ3v) is 5.85. The van der Waals surface area contributed by atoms with E-state index in [4.69, 9.17) is 5.11 Å². The Morgan fingerprint density at radius 2 is 1.03 bits per heavy atom. The van der Waals surface area contributed by atoms with E-state index in [1.807, 2.05) is 0 Å². The molecule has 0 aliphatic carbocycles. The van der Waals surface area contributed by atoms with Crippen LogP contribution in [0.4, 0.5) is 0 Å². The zero-order valence-corrected chi connectivity index (χ0v) is 19.7. The number of carbonyl (C=O) groups excluding carboxylic acids is 1. The fourth-order valence-corrected chi connectivity index (χ4v) is 3.67. The Kier molecular flexibility index (Phi) is 20.6. The van der Waals surface area contributed by atoms with E-state index in [-0.39, 0.29) is 0 Å². The maximum Gasteiger partial charge on any atom is 0.251 e. The van der Waals surface area contributed by atoms with Gasteiger partial charge in [0.25, 0.3) is 5.91 Å². The van der Waals surface area contributed by atoms with Crippen LogP contribution in [-0.4, -0.2) is 69.0 Å². The maximum absolute atomic E-state index is 11.8. The summed E-state index contributed by atoms with van der Waals surface area (Å²) >= 11 is 0. The predicted octanol–water partition coefficient (Wildman–Crippen LogP) is 2.80. The zero-order chi connectivity index (χ0) is 23.3. The molecule has 186 valence electrons. The summed E-state index contributed by atoms with van der Waals surface area (Å²) in [6, 6.07) is 0. The van der Waals surface area contributed by atoms with Crippen molar-refractivity contribution in [2.24, 2.45) is 0 Å². The van der Waals surface area contributed by atoms with Crippen molar-refractivity contribution in [3.8, 4) is 0 Å². The number of carbonyl (C=O) groups is 1. The summed E-state index contributed by atoms with van der Waals surface area (Å²) in [6.45, 7) is 1.87. The van der Waals surface area contributed by atoms with Gasteiger partial charge in [-0.3, -0.25) is 4.79 Å². The van der Waals surface area contributed by atoms with Gasteiger partial charge in [0.05, 0.1) is 6.61 Å². The van der Waals surface area contributed by atoms with E-state index in [1.165, 1.54) is 83.5 Å². The first-order chi connectivity index (χ1) is 15.0. The minimum atomic E-state index is -1.85. The first-order valence-electron chi connectivity index (χ1n) is 12.6. The molecule has 1 amide bonds. The van der Waals surface area contributed by atoms with E-state index in [9.17, 15) is 25.2 Å². The van der Waals surface area contributed by atoms with Crippen molar-refractivity contribution in [2.75, 3.05) is 13.2 Å². The summed E-state index contributed by atoms with van der Waals surface area (Å²) < 4.78 is 0. The molecule has 0 spiro atoms. The van der Waals surface area contributed by atoms with E-state index in [0.717, 1.165) is 19.3 Å². The van der Waals surface area contributed by atoms with E-state index >= 15 is 0 Å². The number of hydrogen-bond donors (Lipinski definition) is 6. The van der Waals surface area contributed by atoms with Crippen LogP contribution < -0.4 is 5.32 Å². The summed E-state index contributed by atoms with van der Waals surface area (Å²) in [5.41, 5.74) is 0. The van der Waals surface area contributed by atoms with Crippen LogP contribution >= 0.6 is 0 Å². The van der Waals surface area contributed by atoms with Crippen molar-refractivity contribution in [1.29, 1.82) is 0 Å². The molecule has 6 N–H and O–H groups in total. The predicted molar refractivity (Wildman–Crippen MR) is 124 cm³/mol. The topological polar surface area (TPSA) is 130 Å². The van der Waals surface area contributed by atoms with Crippen LogP contribution in [0.1, 0.15) is 110 Å². The smallest absolute Gasteiger partial charge is 0.251 e. The monoisotopic (exact) mass is 447 g/mol. The van der Waals surface area contributed by atoms with Gasteiger partial charge in [0.2, 0.25) is 0 Å². The molecule has 0 bridgehead atoms.